The van der Waals surface area contributed by atoms with Crippen LogP contribution in [0.2, 0.25) is 0 Å². The minimum absolute atomic E-state index is 0.759. The number of aliphatic imine (C=N–C) groups is 1. The predicted octanol–water partition coefficient (Wildman–Crippen LogP) is 4.57. The molecule has 0 amide bonds. The van der Waals surface area contributed by atoms with Gasteiger partial charge in [0.25, 0.3) is 0 Å². The maximum Gasteiger partial charge on any atom is 0.162 e. The first-order chi connectivity index (χ1) is 11.3. The van der Waals surface area contributed by atoms with E-state index in [9.17, 15) is 0 Å². The molecule has 1 aliphatic heterocycles. The molecule has 2 heterocycles. The van der Waals surface area contributed by atoms with Crippen LogP contribution < -0.4 is 5.32 Å². The fraction of sp³-hybridized carbons (Fsp3) is 0.118. The third kappa shape index (κ3) is 2.96. The zero-order valence-corrected chi connectivity index (χ0v) is 14.6. The van der Waals surface area contributed by atoms with E-state index in [1.54, 1.807) is 11.8 Å². The molecule has 2 aromatic carbocycles. The Balaban J connectivity index is 1.83. The van der Waals surface area contributed by atoms with E-state index >= 15 is 0 Å². The standard InChI is InChI=1S/C17H13BrN4S/c18-12-7-5-11(6-8-12)15-13-3-1-2-4-14(13)16(22-21-15)20-17-19-9-10-23-17/h1-8H,9-10H2,(H,19,20,22). The highest BCUT2D eigenvalue weighted by Crippen LogP contribution is 2.31. The van der Waals surface area contributed by atoms with Crippen LogP contribution in [0.25, 0.3) is 22.0 Å². The van der Waals surface area contributed by atoms with E-state index in [1.165, 1.54) is 0 Å². The maximum absolute atomic E-state index is 4.46. The van der Waals surface area contributed by atoms with Crippen molar-refractivity contribution in [2.24, 2.45) is 4.99 Å². The molecule has 0 fully saturated rings. The summed E-state index contributed by atoms with van der Waals surface area (Å²) in [7, 11) is 0. The molecule has 0 saturated carbocycles. The lowest BCUT2D eigenvalue weighted by Gasteiger charge is -2.10. The lowest BCUT2D eigenvalue weighted by Crippen LogP contribution is -2.08. The Kier molecular flexibility index (Phi) is 4.01. The highest BCUT2D eigenvalue weighted by atomic mass is 79.9. The predicted molar refractivity (Wildman–Crippen MR) is 101 cm³/mol. The van der Waals surface area contributed by atoms with Crippen molar-refractivity contribution in [2.75, 3.05) is 17.6 Å². The van der Waals surface area contributed by atoms with Crippen LogP contribution in [0.3, 0.4) is 0 Å². The van der Waals surface area contributed by atoms with Crippen molar-refractivity contribution in [3.63, 3.8) is 0 Å². The van der Waals surface area contributed by atoms with Gasteiger partial charge in [0, 0.05) is 26.6 Å². The second kappa shape index (κ2) is 6.29. The molecule has 0 aliphatic carbocycles. The molecule has 6 heteroatoms. The second-order valence-electron chi connectivity index (χ2n) is 5.11. The van der Waals surface area contributed by atoms with Crippen LogP contribution in [-0.2, 0) is 0 Å². The van der Waals surface area contributed by atoms with E-state index in [0.717, 1.165) is 49.8 Å². The molecule has 0 atom stereocenters. The smallest absolute Gasteiger partial charge is 0.162 e. The van der Waals surface area contributed by atoms with Gasteiger partial charge in [-0.25, -0.2) is 0 Å². The summed E-state index contributed by atoms with van der Waals surface area (Å²) in [5, 5.41) is 15.2. The van der Waals surface area contributed by atoms with Gasteiger partial charge in [-0.1, -0.05) is 64.1 Å². The number of aromatic nitrogens is 2. The number of nitrogens with one attached hydrogen (secondary N) is 1. The number of anilines is 1. The van der Waals surface area contributed by atoms with Crippen molar-refractivity contribution in [2.45, 2.75) is 0 Å². The Labute approximate surface area is 146 Å². The average molecular weight is 385 g/mol. The molecule has 1 aliphatic rings. The SMILES string of the molecule is Brc1ccc(-c2nnc(NC3=NCCS3)c3ccccc23)cc1. The Morgan fingerprint density at radius 1 is 0.957 bits per heavy atom. The zero-order valence-electron chi connectivity index (χ0n) is 12.2. The van der Waals surface area contributed by atoms with Crippen LogP contribution in [0.1, 0.15) is 0 Å². The van der Waals surface area contributed by atoms with E-state index in [-0.39, 0.29) is 0 Å². The summed E-state index contributed by atoms with van der Waals surface area (Å²) in [4.78, 5) is 4.42. The molecule has 4 nitrogen and oxygen atoms in total. The van der Waals surface area contributed by atoms with Crippen molar-refractivity contribution < 1.29 is 0 Å². The molecule has 0 bridgehead atoms. The summed E-state index contributed by atoms with van der Waals surface area (Å²) in [6.07, 6.45) is 0. The Morgan fingerprint density at radius 2 is 1.74 bits per heavy atom. The highest BCUT2D eigenvalue weighted by molar-refractivity contribution is 9.10. The lowest BCUT2D eigenvalue weighted by atomic mass is 10.0. The quantitative estimate of drug-likeness (QED) is 0.702. The van der Waals surface area contributed by atoms with Crippen LogP contribution in [0, 0.1) is 0 Å². The van der Waals surface area contributed by atoms with Gasteiger partial charge in [-0.2, -0.15) is 0 Å². The van der Waals surface area contributed by atoms with Crippen LogP contribution >= 0.6 is 27.7 Å². The first-order valence-electron chi connectivity index (χ1n) is 7.27. The van der Waals surface area contributed by atoms with Crippen LogP contribution in [0.5, 0.6) is 0 Å². The van der Waals surface area contributed by atoms with Gasteiger partial charge in [-0.05, 0) is 12.1 Å². The number of nitrogens with zero attached hydrogens (tertiary/aromatic N) is 3. The van der Waals surface area contributed by atoms with Crippen molar-refractivity contribution in [3.05, 3.63) is 53.0 Å². The Hall–Kier alpha value is -1.92. The monoisotopic (exact) mass is 384 g/mol. The molecule has 0 unspecified atom stereocenters. The normalized spacial score (nSPS) is 14.0. The minimum atomic E-state index is 0.759. The van der Waals surface area contributed by atoms with Crippen LogP contribution in [0.4, 0.5) is 5.82 Å². The molecule has 114 valence electrons. The molecule has 1 aromatic heterocycles. The number of hydrogen-bond acceptors (Lipinski definition) is 5. The van der Waals surface area contributed by atoms with Crippen molar-refractivity contribution >= 4 is 49.4 Å². The maximum atomic E-state index is 4.46. The molecule has 0 spiro atoms. The molecule has 0 radical (unpaired) electrons. The summed E-state index contributed by atoms with van der Waals surface area (Å²) in [6.45, 7) is 0.856. The number of rotatable bonds is 2. The number of hydrogen-bond donors (Lipinski definition) is 1. The molecule has 0 saturated heterocycles. The topological polar surface area (TPSA) is 50.2 Å². The average Bonchev–Trinajstić information content (AvgIpc) is 3.09. The minimum Gasteiger partial charge on any atom is -0.318 e. The molecule has 1 N–H and O–H groups in total. The van der Waals surface area contributed by atoms with Gasteiger partial charge in [0.1, 0.15) is 5.69 Å². The van der Waals surface area contributed by atoms with Gasteiger partial charge in [-0.3, -0.25) is 4.99 Å². The van der Waals surface area contributed by atoms with Gasteiger partial charge in [0.05, 0.1) is 6.54 Å². The van der Waals surface area contributed by atoms with Gasteiger partial charge >= 0.3 is 0 Å². The van der Waals surface area contributed by atoms with Gasteiger partial charge < -0.3 is 5.32 Å². The first kappa shape index (κ1) is 14.7. The van der Waals surface area contributed by atoms with Gasteiger partial charge in [0.2, 0.25) is 0 Å². The molecule has 23 heavy (non-hydrogen) atoms. The zero-order chi connectivity index (χ0) is 15.6. The van der Waals surface area contributed by atoms with E-state index in [4.69, 9.17) is 0 Å². The van der Waals surface area contributed by atoms with Crippen LogP contribution in [0.15, 0.2) is 58.0 Å². The Bertz CT molecular complexity index is 893. The third-order valence-corrected chi connectivity index (χ3v) is 5.04. The van der Waals surface area contributed by atoms with E-state index < -0.39 is 0 Å². The lowest BCUT2D eigenvalue weighted by molar-refractivity contribution is 1.06. The number of amidine groups is 1. The summed E-state index contributed by atoms with van der Waals surface area (Å²) in [5.74, 6) is 1.78. The molecule has 4 rings (SSSR count). The van der Waals surface area contributed by atoms with Crippen LogP contribution in [-0.4, -0.2) is 27.7 Å². The van der Waals surface area contributed by atoms with E-state index in [0.29, 0.717) is 0 Å². The van der Waals surface area contributed by atoms with Crippen molar-refractivity contribution in [1.29, 1.82) is 0 Å². The summed E-state index contributed by atoms with van der Waals surface area (Å²) in [5.41, 5.74) is 1.94. The van der Waals surface area contributed by atoms with Gasteiger partial charge in [0.15, 0.2) is 11.0 Å². The van der Waals surface area contributed by atoms with E-state index in [2.05, 4.69) is 48.6 Å². The first-order valence-corrected chi connectivity index (χ1v) is 9.05. The van der Waals surface area contributed by atoms with Crippen molar-refractivity contribution in [1.82, 2.24) is 10.2 Å². The van der Waals surface area contributed by atoms with Crippen molar-refractivity contribution in [3.8, 4) is 11.3 Å². The molecular weight excluding hydrogens is 372 g/mol. The number of halogens is 1. The third-order valence-electron chi connectivity index (χ3n) is 3.62. The molecular formula is C17H13BrN4S. The Morgan fingerprint density at radius 3 is 2.48 bits per heavy atom. The number of benzene rings is 2. The van der Waals surface area contributed by atoms with Gasteiger partial charge in [-0.15, -0.1) is 10.2 Å². The number of fused-ring (bicyclic) bond motifs is 1. The largest absolute Gasteiger partial charge is 0.318 e. The summed E-state index contributed by atoms with van der Waals surface area (Å²) >= 11 is 5.18. The summed E-state index contributed by atoms with van der Waals surface area (Å²) in [6, 6.07) is 16.3. The highest BCUT2D eigenvalue weighted by Gasteiger charge is 2.14. The summed E-state index contributed by atoms with van der Waals surface area (Å²) < 4.78 is 1.05. The number of thioether (sulfide) groups is 1. The fourth-order valence-corrected chi connectivity index (χ4v) is 3.52. The molecule has 3 aromatic rings. The van der Waals surface area contributed by atoms with E-state index in [1.807, 2.05) is 36.4 Å². The fourth-order valence-electron chi connectivity index (χ4n) is 2.53. The second-order valence-corrected chi connectivity index (χ2v) is 7.11.